The predicted molar refractivity (Wildman–Crippen MR) is 66.6 cm³/mol. The topological polar surface area (TPSA) is 35.2 Å². The van der Waals surface area contributed by atoms with Crippen LogP contribution in [0.1, 0.15) is 29.0 Å². The zero-order valence-corrected chi connectivity index (χ0v) is 10.2. The lowest BCUT2D eigenvalue weighted by molar-refractivity contribution is -0.0382. The zero-order valence-electron chi connectivity index (χ0n) is 10.2. The van der Waals surface area contributed by atoms with Crippen LogP contribution in [0.5, 0.6) is 0 Å². The molecular formula is C14H21NO. The van der Waals surface area contributed by atoms with Crippen molar-refractivity contribution >= 4 is 0 Å². The van der Waals surface area contributed by atoms with Crippen LogP contribution < -0.4 is 5.73 Å². The Balaban J connectivity index is 2.11. The molecule has 1 atom stereocenters. The van der Waals surface area contributed by atoms with E-state index in [1.54, 1.807) is 0 Å². The molecule has 88 valence electrons. The summed E-state index contributed by atoms with van der Waals surface area (Å²) in [6.45, 7) is 6.89. The van der Waals surface area contributed by atoms with E-state index < -0.39 is 0 Å². The molecule has 0 radical (unpaired) electrons. The van der Waals surface area contributed by atoms with Gasteiger partial charge in [-0.3, -0.25) is 0 Å². The SMILES string of the molecule is Cc1ccc(C(CN)CC2COC2)c(C)c1. The lowest BCUT2D eigenvalue weighted by Gasteiger charge is -2.30. The third-order valence-corrected chi connectivity index (χ3v) is 3.47. The van der Waals surface area contributed by atoms with Crippen LogP contribution in [0.2, 0.25) is 0 Å². The predicted octanol–water partition coefficient (Wildman–Crippen LogP) is 2.38. The van der Waals surface area contributed by atoms with Crippen molar-refractivity contribution in [3.8, 4) is 0 Å². The second-order valence-electron chi connectivity index (χ2n) is 4.93. The van der Waals surface area contributed by atoms with Crippen LogP contribution in [0.3, 0.4) is 0 Å². The van der Waals surface area contributed by atoms with Gasteiger partial charge < -0.3 is 10.5 Å². The maximum atomic E-state index is 5.90. The summed E-state index contributed by atoms with van der Waals surface area (Å²) < 4.78 is 5.22. The van der Waals surface area contributed by atoms with E-state index in [0.29, 0.717) is 11.8 Å². The van der Waals surface area contributed by atoms with Gasteiger partial charge in [0, 0.05) is 5.92 Å². The summed E-state index contributed by atoms with van der Waals surface area (Å²) >= 11 is 0. The fourth-order valence-electron chi connectivity index (χ4n) is 2.46. The highest BCUT2D eigenvalue weighted by molar-refractivity contribution is 5.33. The minimum absolute atomic E-state index is 0.495. The van der Waals surface area contributed by atoms with Gasteiger partial charge in [0.2, 0.25) is 0 Å². The van der Waals surface area contributed by atoms with E-state index in [1.165, 1.54) is 23.1 Å². The van der Waals surface area contributed by atoms with E-state index in [9.17, 15) is 0 Å². The van der Waals surface area contributed by atoms with Crippen molar-refractivity contribution in [3.05, 3.63) is 34.9 Å². The van der Waals surface area contributed by atoms with Gasteiger partial charge in [-0.15, -0.1) is 0 Å². The molecule has 0 bridgehead atoms. The van der Waals surface area contributed by atoms with Gasteiger partial charge in [-0.2, -0.15) is 0 Å². The Morgan fingerprint density at radius 3 is 2.62 bits per heavy atom. The van der Waals surface area contributed by atoms with Gasteiger partial charge in [0.25, 0.3) is 0 Å². The summed E-state index contributed by atoms with van der Waals surface area (Å²) in [5.41, 5.74) is 10.0. The van der Waals surface area contributed by atoms with E-state index in [-0.39, 0.29) is 0 Å². The number of rotatable bonds is 4. The summed E-state index contributed by atoms with van der Waals surface area (Å²) in [5, 5.41) is 0. The molecule has 1 aromatic carbocycles. The highest BCUT2D eigenvalue weighted by atomic mass is 16.5. The smallest absolute Gasteiger partial charge is 0.0516 e. The van der Waals surface area contributed by atoms with Crippen molar-refractivity contribution in [2.45, 2.75) is 26.2 Å². The molecule has 1 aliphatic rings. The Morgan fingerprint density at radius 1 is 1.38 bits per heavy atom. The van der Waals surface area contributed by atoms with Crippen LogP contribution in [-0.2, 0) is 4.74 Å². The fraction of sp³-hybridized carbons (Fsp3) is 0.571. The standard InChI is InChI=1S/C14H21NO/c1-10-3-4-14(11(2)5-10)13(7-15)6-12-8-16-9-12/h3-5,12-13H,6-9,15H2,1-2H3. The summed E-state index contributed by atoms with van der Waals surface area (Å²) in [5.74, 6) is 1.21. The van der Waals surface area contributed by atoms with Crippen molar-refractivity contribution in [1.29, 1.82) is 0 Å². The van der Waals surface area contributed by atoms with Gasteiger partial charge in [-0.05, 0) is 43.9 Å². The Bertz CT molecular complexity index is 358. The molecule has 0 aromatic heterocycles. The fourth-order valence-corrected chi connectivity index (χ4v) is 2.46. The van der Waals surface area contributed by atoms with E-state index >= 15 is 0 Å². The molecule has 1 heterocycles. The van der Waals surface area contributed by atoms with Crippen LogP contribution in [-0.4, -0.2) is 19.8 Å². The van der Waals surface area contributed by atoms with Gasteiger partial charge in [0.05, 0.1) is 13.2 Å². The Kier molecular flexibility index (Phi) is 3.62. The highest BCUT2D eigenvalue weighted by Gasteiger charge is 2.23. The zero-order chi connectivity index (χ0) is 11.5. The van der Waals surface area contributed by atoms with Gasteiger partial charge in [-0.25, -0.2) is 0 Å². The van der Waals surface area contributed by atoms with E-state index in [0.717, 1.165) is 19.8 Å². The summed E-state index contributed by atoms with van der Waals surface area (Å²) in [7, 11) is 0. The number of hydrogen-bond acceptors (Lipinski definition) is 2. The Hall–Kier alpha value is -0.860. The monoisotopic (exact) mass is 219 g/mol. The normalized spacial score (nSPS) is 18.2. The van der Waals surface area contributed by atoms with Crippen LogP contribution in [0.4, 0.5) is 0 Å². The van der Waals surface area contributed by atoms with E-state index in [2.05, 4.69) is 32.0 Å². The third kappa shape index (κ3) is 2.45. The third-order valence-electron chi connectivity index (χ3n) is 3.47. The van der Waals surface area contributed by atoms with Gasteiger partial charge >= 0.3 is 0 Å². The molecule has 16 heavy (non-hydrogen) atoms. The number of hydrogen-bond donors (Lipinski definition) is 1. The number of benzene rings is 1. The van der Waals surface area contributed by atoms with Gasteiger partial charge in [-0.1, -0.05) is 23.8 Å². The molecule has 2 rings (SSSR count). The molecule has 1 unspecified atom stereocenters. The van der Waals surface area contributed by atoms with Crippen LogP contribution in [0.15, 0.2) is 18.2 Å². The van der Waals surface area contributed by atoms with Crippen LogP contribution >= 0.6 is 0 Å². The summed E-state index contributed by atoms with van der Waals surface area (Å²) in [6, 6.07) is 6.67. The Labute approximate surface area is 97.8 Å². The largest absolute Gasteiger partial charge is 0.381 e. The minimum atomic E-state index is 0.495. The van der Waals surface area contributed by atoms with Crippen LogP contribution in [0.25, 0.3) is 0 Å². The lowest BCUT2D eigenvalue weighted by Crippen LogP contribution is -2.31. The molecule has 2 N–H and O–H groups in total. The molecule has 1 fully saturated rings. The molecule has 2 nitrogen and oxygen atoms in total. The minimum Gasteiger partial charge on any atom is -0.381 e. The number of nitrogens with two attached hydrogens (primary N) is 1. The molecule has 0 saturated carbocycles. The van der Waals surface area contributed by atoms with Crippen molar-refractivity contribution in [2.75, 3.05) is 19.8 Å². The maximum Gasteiger partial charge on any atom is 0.0516 e. The average molecular weight is 219 g/mol. The van der Waals surface area contributed by atoms with E-state index in [1.807, 2.05) is 0 Å². The van der Waals surface area contributed by atoms with Gasteiger partial charge in [0.1, 0.15) is 0 Å². The second kappa shape index (κ2) is 4.98. The maximum absolute atomic E-state index is 5.90. The summed E-state index contributed by atoms with van der Waals surface area (Å²) in [6.07, 6.45) is 1.17. The molecule has 1 aliphatic heterocycles. The molecular weight excluding hydrogens is 198 g/mol. The first kappa shape index (κ1) is 11.6. The van der Waals surface area contributed by atoms with Crippen molar-refractivity contribution in [3.63, 3.8) is 0 Å². The van der Waals surface area contributed by atoms with Crippen molar-refractivity contribution < 1.29 is 4.74 Å². The quantitative estimate of drug-likeness (QED) is 0.844. The number of aryl methyl sites for hydroxylation is 2. The number of ether oxygens (including phenoxy) is 1. The van der Waals surface area contributed by atoms with Crippen molar-refractivity contribution in [2.24, 2.45) is 11.7 Å². The first-order valence-electron chi connectivity index (χ1n) is 6.05. The molecule has 0 spiro atoms. The molecule has 0 amide bonds. The first-order valence-corrected chi connectivity index (χ1v) is 6.05. The first-order chi connectivity index (χ1) is 7.70. The lowest BCUT2D eigenvalue weighted by atomic mass is 9.85. The average Bonchev–Trinajstić information content (AvgIpc) is 2.18. The van der Waals surface area contributed by atoms with E-state index in [4.69, 9.17) is 10.5 Å². The molecule has 0 aliphatic carbocycles. The Morgan fingerprint density at radius 2 is 2.12 bits per heavy atom. The van der Waals surface area contributed by atoms with Gasteiger partial charge in [0.15, 0.2) is 0 Å². The van der Waals surface area contributed by atoms with Crippen LogP contribution in [0, 0.1) is 19.8 Å². The summed E-state index contributed by atoms with van der Waals surface area (Å²) in [4.78, 5) is 0. The second-order valence-corrected chi connectivity index (χ2v) is 4.93. The molecule has 1 saturated heterocycles. The van der Waals surface area contributed by atoms with Crippen molar-refractivity contribution in [1.82, 2.24) is 0 Å². The highest BCUT2D eigenvalue weighted by Crippen LogP contribution is 2.29. The molecule has 2 heteroatoms. The molecule has 1 aromatic rings.